The van der Waals surface area contributed by atoms with Crippen molar-refractivity contribution in [3.05, 3.63) is 0 Å². The van der Waals surface area contributed by atoms with E-state index in [0.717, 1.165) is 13.1 Å². The Balaban J connectivity index is 1.95. The molecule has 0 aromatic rings. The predicted molar refractivity (Wildman–Crippen MR) is 61.4 cm³/mol. The molecule has 0 aliphatic carbocycles. The molecule has 2 fully saturated rings. The number of amides is 2. The SMILES string of the molecule is CCOCCN1CC2CNCCN2C(=O)C1=O. The molecule has 0 aromatic heterocycles. The molecular formula is C11H19N3O3. The van der Waals surface area contributed by atoms with Crippen LogP contribution < -0.4 is 5.32 Å². The monoisotopic (exact) mass is 241 g/mol. The fourth-order valence-corrected chi connectivity index (χ4v) is 2.30. The third-order valence-corrected chi connectivity index (χ3v) is 3.22. The number of nitrogens with one attached hydrogen (secondary N) is 1. The number of ether oxygens (including phenoxy) is 1. The normalized spacial score (nSPS) is 25.1. The summed E-state index contributed by atoms with van der Waals surface area (Å²) in [5, 5.41) is 3.24. The van der Waals surface area contributed by atoms with Gasteiger partial charge < -0.3 is 19.9 Å². The van der Waals surface area contributed by atoms with Gasteiger partial charge in [-0.05, 0) is 6.92 Å². The van der Waals surface area contributed by atoms with Gasteiger partial charge in [0, 0.05) is 39.3 Å². The van der Waals surface area contributed by atoms with Gasteiger partial charge in [0.15, 0.2) is 0 Å². The smallest absolute Gasteiger partial charge is 0.312 e. The van der Waals surface area contributed by atoms with Gasteiger partial charge in [0.1, 0.15) is 0 Å². The van der Waals surface area contributed by atoms with E-state index in [9.17, 15) is 9.59 Å². The van der Waals surface area contributed by atoms with Gasteiger partial charge in [0.25, 0.3) is 0 Å². The molecule has 2 amide bonds. The highest BCUT2D eigenvalue weighted by Gasteiger charge is 2.39. The van der Waals surface area contributed by atoms with E-state index >= 15 is 0 Å². The Morgan fingerprint density at radius 2 is 2.24 bits per heavy atom. The number of piperazine rings is 2. The van der Waals surface area contributed by atoms with Crippen molar-refractivity contribution in [1.82, 2.24) is 15.1 Å². The van der Waals surface area contributed by atoms with E-state index in [2.05, 4.69) is 5.32 Å². The zero-order chi connectivity index (χ0) is 12.3. The summed E-state index contributed by atoms with van der Waals surface area (Å²) in [7, 11) is 0. The molecule has 2 saturated heterocycles. The summed E-state index contributed by atoms with van der Waals surface area (Å²) in [5.74, 6) is -0.748. The molecule has 0 saturated carbocycles. The second-order valence-electron chi connectivity index (χ2n) is 4.30. The number of nitrogens with zero attached hydrogens (tertiary/aromatic N) is 2. The average Bonchev–Trinajstić information content (AvgIpc) is 2.35. The Morgan fingerprint density at radius 3 is 3.00 bits per heavy atom. The van der Waals surface area contributed by atoms with Crippen molar-refractivity contribution in [2.45, 2.75) is 13.0 Å². The highest BCUT2D eigenvalue weighted by molar-refractivity contribution is 6.35. The van der Waals surface area contributed by atoms with Crippen LogP contribution in [0.1, 0.15) is 6.92 Å². The lowest BCUT2D eigenvalue weighted by Gasteiger charge is -2.43. The van der Waals surface area contributed by atoms with Gasteiger partial charge in [-0.1, -0.05) is 0 Å². The van der Waals surface area contributed by atoms with E-state index in [0.29, 0.717) is 32.8 Å². The van der Waals surface area contributed by atoms with Gasteiger partial charge in [0.05, 0.1) is 12.6 Å². The standard InChI is InChI=1S/C11H19N3O3/c1-2-17-6-5-13-8-9-7-12-3-4-14(9)11(16)10(13)15/h9,12H,2-8H2,1H3. The lowest BCUT2D eigenvalue weighted by atomic mass is 10.1. The Kier molecular flexibility index (Phi) is 3.96. The van der Waals surface area contributed by atoms with Gasteiger partial charge in [-0.15, -0.1) is 0 Å². The molecule has 0 aromatic carbocycles. The number of hydrogen-bond acceptors (Lipinski definition) is 4. The Bertz CT molecular complexity index is 308. The minimum atomic E-state index is -0.386. The van der Waals surface area contributed by atoms with E-state index in [4.69, 9.17) is 4.74 Å². The van der Waals surface area contributed by atoms with Crippen LogP contribution in [0.15, 0.2) is 0 Å². The third-order valence-electron chi connectivity index (χ3n) is 3.22. The predicted octanol–water partition coefficient (Wildman–Crippen LogP) is -1.33. The Morgan fingerprint density at radius 1 is 1.41 bits per heavy atom. The molecule has 1 N–H and O–H groups in total. The molecule has 0 spiro atoms. The van der Waals surface area contributed by atoms with E-state index in [-0.39, 0.29) is 17.9 Å². The van der Waals surface area contributed by atoms with Crippen molar-refractivity contribution in [3.8, 4) is 0 Å². The van der Waals surface area contributed by atoms with Crippen molar-refractivity contribution in [1.29, 1.82) is 0 Å². The lowest BCUT2D eigenvalue weighted by Crippen LogP contribution is -2.65. The van der Waals surface area contributed by atoms with Crippen molar-refractivity contribution in [2.24, 2.45) is 0 Å². The van der Waals surface area contributed by atoms with Crippen LogP contribution in [0.3, 0.4) is 0 Å². The van der Waals surface area contributed by atoms with Gasteiger partial charge >= 0.3 is 11.8 Å². The van der Waals surface area contributed by atoms with Crippen molar-refractivity contribution in [3.63, 3.8) is 0 Å². The molecule has 96 valence electrons. The Hall–Kier alpha value is -1.14. The maximum absolute atomic E-state index is 11.9. The topological polar surface area (TPSA) is 61.9 Å². The van der Waals surface area contributed by atoms with Crippen LogP contribution in [0, 0.1) is 0 Å². The van der Waals surface area contributed by atoms with E-state index < -0.39 is 0 Å². The summed E-state index contributed by atoms with van der Waals surface area (Å²) in [6, 6.07) is 0.121. The Labute approximate surface area is 101 Å². The molecule has 2 aliphatic heterocycles. The fraction of sp³-hybridized carbons (Fsp3) is 0.818. The lowest BCUT2D eigenvalue weighted by molar-refractivity contribution is -0.160. The van der Waals surface area contributed by atoms with Crippen LogP contribution in [0.2, 0.25) is 0 Å². The quantitative estimate of drug-likeness (QED) is 0.489. The first kappa shape index (κ1) is 12.3. The number of fused-ring (bicyclic) bond motifs is 1. The fourth-order valence-electron chi connectivity index (χ4n) is 2.30. The van der Waals surface area contributed by atoms with Crippen LogP contribution in [0.4, 0.5) is 0 Å². The highest BCUT2D eigenvalue weighted by Crippen LogP contribution is 2.13. The number of carbonyl (C=O) groups is 2. The summed E-state index contributed by atoms with van der Waals surface area (Å²) in [4.78, 5) is 27.0. The van der Waals surface area contributed by atoms with Crippen LogP contribution >= 0.6 is 0 Å². The maximum atomic E-state index is 11.9. The molecule has 0 bridgehead atoms. The van der Waals surface area contributed by atoms with Crippen LogP contribution in [0.5, 0.6) is 0 Å². The summed E-state index contributed by atoms with van der Waals surface area (Å²) in [6.45, 7) is 6.33. The molecule has 2 rings (SSSR count). The van der Waals surface area contributed by atoms with Gasteiger partial charge in [-0.25, -0.2) is 0 Å². The molecule has 2 aliphatic rings. The zero-order valence-corrected chi connectivity index (χ0v) is 10.1. The molecular weight excluding hydrogens is 222 g/mol. The molecule has 6 heteroatoms. The minimum absolute atomic E-state index is 0.121. The first-order valence-electron chi connectivity index (χ1n) is 6.12. The highest BCUT2D eigenvalue weighted by atomic mass is 16.5. The average molecular weight is 241 g/mol. The van der Waals surface area contributed by atoms with Crippen LogP contribution in [-0.4, -0.2) is 73.6 Å². The summed E-state index contributed by atoms with van der Waals surface area (Å²) in [5.41, 5.74) is 0. The maximum Gasteiger partial charge on any atom is 0.312 e. The molecule has 1 unspecified atom stereocenters. The molecule has 6 nitrogen and oxygen atoms in total. The second kappa shape index (κ2) is 5.46. The summed E-state index contributed by atoms with van der Waals surface area (Å²) in [6.07, 6.45) is 0. The van der Waals surface area contributed by atoms with Crippen molar-refractivity contribution < 1.29 is 14.3 Å². The summed E-state index contributed by atoms with van der Waals surface area (Å²) < 4.78 is 5.22. The summed E-state index contributed by atoms with van der Waals surface area (Å²) >= 11 is 0. The van der Waals surface area contributed by atoms with Crippen molar-refractivity contribution in [2.75, 3.05) is 45.9 Å². The number of carbonyl (C=O) groups excluding carboxylic acids is 2. The van der Waals surface area contributed by atoms with E-state index in [1.54, 1.807) is 9.80 Å². The largest absolute Gasteiger partial charge is 0.380 e. The first-order valence-corrected chi connectivity index (χ1v) is 6.12. The minimum Gasteiger partial charge on any atom is -0.380 e. The first-order chi connectivity index (χ1) is 8.24. The van der Waals surface area contributed by atoms with Crippen molar-refractivity contribution >= 4 is 11.8 Å². The molecule has 17 heavy (non-hydrogen) atoms. The van der Waals surface area contributed by atoms with Crippen LogP contribution in [-0.2, 0) is 14.3 Å². The van der Waals surface area contributed by atoms with Gasteiger partial charge in [-0.2, -0.15) is 0 Å². The number of rotatable bonds is 4. The molecule has 2 heterocycles. The zero-order valence-electron chi connectivity index (χ0n) is 10.1. The molecule has 1 atom stereocenters. The van der Waals surface area contributed by atoms with Gasteiger partial charge in [0.2, 0.25) is 0 Å². The number of hydrogen-bond donors (Lipinski definition) is 1. The second-order valence-corrected chi connectivity index (χ2v) is 4.30. The van der Waals surface area contributed by atoms with Gasteiger partial charge in [-0.3, -0.25) is 9.59 Å². The van der Waals surface area contributed by atoms with E-state index in [1.165, 1.54) is 0 Å². The van der Waals surface area contributed by atoms with E-state index in [1.807, 2.05) is 6.92 Å². The third kappa shape index (κ3) is 2.58. The van der Waals surface area contributed by atoms with Crippen LogP contribution in [0.25, 0.3) is 0 Å². The molecule has 0 radical (unpaired) electrons.